The molecule has 1 aliphatic rings. The molecule has 0 aromatic heterocycles. The van der Waals surface area contributed by atoms with E-state index in [1.165, 1.54) is 5.57 Å². The van der Waals surface area contributed by atoms with E-state index in [0.717, 1.165) is 33.3 Å². The van der Waals surface area contributed by atoms with Gasteiger partial charge in [-0.1, -0.05) is 27.6 Å². The van der Waals surface area contributed by atoms with Gasteiger partial charge in [0, 0.05) is 11.8 Å². The highest BCUT2D eigenvalue weighted by atomic mass is 79.9. The number of allylic oxidation sites excluding steroid dienone is 1. The van der Waals surface area contributed by atoms with Crippen molar-refractivity contribution in [3.63, 3.8) is 0 Å². The molecule has 4 heteroatoms. The van der Waals surface area contributed by atoms with Gasteiger partial charge in [-0.05, 0) is 40.5 Å². The van der Waals surface area contributed by atoms with Gasteiger partial charge in [0.15, 0.2) is 11.5 Å². The fourth-order valence-electron chi connectivity index (χ4n) is 1.66. The lowest BCUT2D eigenvalue weighted by Gasteiger charge is -2.10. The van der Waals surface area contributed by atoms with Crippen LogP contribution >= 0.6 is 31.9 Å². The zero-order valence-corrected chi connectivity index (χ0v) is 12.8. The Morgan fingerprint density at radius 3 is 2.88 bits per heavy atom. The number of fused-ring (bicyclic) bond motifs is 1. The van der Waals surface area contributed by atoms with Crippen LogP contribution in [-0.2, 0) is 0 Å². The minimum Gasteiger partial charge on any atom is -0.489 e. The predicted octanol–water partition coefficient (Wildman–Crippen LogP) is 4.41. The summed E-state index contributed by atoms with van der Waals surface area (Å²) in [6, 6.07) is 4.08. The Morgan fingerprint density at radius 2 is 2.12 bits per heavy atom. The van der Waals surface area contributed by atoms with Crippen molar-refractivity contribution in [3.05, 3.63) is 27.7 Å². The first-order valence-electron chi connectivity index (χ1n) is 5.53. The molecule has 17 heavy (non-hydrogen) atoms. The van der Waals surface area contributed by atoms with E-state index in [4.69, 9.17) is 9.47 Å². The molecule has 0 unspecified atom stereocenters. The van der Waals surface area contributed by atoms with E-state index in [-0.39, 0.29) is 0 Å². The second-order valence-corrected chi connectivity index (χ2v) is 5.42. The van der Waals surface area contributed by atoms with Crippen molar-refractivity contribution in [2.45, 2.75) is 13.3 Å². The van der Waals surface area contributed by atoms with Gasteiger partial charge in [-0.2, -0.15) is 0 Å². The fraction of sp³-hybridized carbons (Fsp3) is 0.385. The van der Waals surface area contributed by atoms with Gasteiger partial charge in [0.2, 0.25) is 0 Å². The van der Waals surface area contributed by atoms with Gasteiger partial charge in [-0.25, -0.2) is 0 Å². The van der Waals surface area contributed by atoms with Crippen molar-refractivity contribution in [2.75, 3.05) is 18.5 Å². The summed E-state index contributed by atoms with van der Waals surface area (Å²) < 4.78 is 12.3. The van der Waals surface area contributed by atoms with Crippen LogP contribution in [0.1, 0.15) is 18.9 Å². The Kier molecular flexibility index (Phi) is 4.51. The Bertz CT molecular complexity index is 441. The fourth-order valence-corrected chi connectivity index (χ4v) is 2.39. The van der Waals surface area contributed by atoms with Crippen LogP contribution in [0.25, 0.3) is 6.08 Å². The summed E-state index contributed by atoms with van der Waals surface area (Å²) >= 11 is 6.98. The van der Waals surface area contributed by atoms with Gasteiger partial charge in [0.1, 0.15) is 0 Å². The lowest BCUT2D eigenvalue weighted by atomic mass is 10.1. The minimum atomic E-state index is 0.710. The largest absolute Gasteiger partial charge is 0.489 e. The Labute approximate surface area is 118 Å². The maximum atomic E-state index is 5.69. The monoisotopic (exact) mass is 360 g/mol. The molecule has 1 aromatic rings. The van der Waals surface area contributed by atoms with Crippen LogP contribution in [0.2, 0.25) is 0 Å². The summed E-state index contributed by atoms with van der Waals surface area (Å²) in [5, 5.41) is 0.874. The summed E-state index contributed by atoms with van der Waals surface area (Å²) in [6.45, 7) is 3.51. The van der Waals surface area contributed by atoms with Crippen LogP contribution in [0, 0.1) is 0 Å². The van der Waals surface area contributed by atoms with Crippen LogP contribution in [-0.4, -0.2) is 18.5 Å². The Morgan fingerprint density at radius 1 is 1.35 bits per heavy atom. The standard InChI is InChI=1S/C13H14Br2O2/c1-9(8-14)5-10-6-11(15)13-12(7-10)16-3-2-4-17-13/h5-7H,2-4,8H2,1H3. The first-order valence-corrected chi connectivity index (χ1v) is 7.44. The van der Waals surface area contributed by atoms with Gasteiger partial charge >= 0.3 is 0 Å². The minimum absolute atomic E-state index is 0.710. The quantitative estimate of drug-likeness (QED) is 0.726. The summed E-state index contributed by atoms with van der Waals surface area (Å²) in [7, 11) is 0. The topological polar surface area (TPSA) is 18.5 Å². The molecule has 0 fully saturated rings. The maximum absolute atomic E-state index is 5.69. The molecule has 0 saturated carbocycles. The second-order valence-electron chi connectivity index (χ2n) is 4.00. The van der Waals surface area contributed by atoms with E-state index >= 15 is 0 Å². The van der Waals surface area contributed by atoms with Gasteiger partial charge < -0.3 is 9.47 Å². The maximum Gasteiger partial charge on any atom is 0.175 e. The van der Waals surface area contributed by atoms with Crippen molar-refractivity contribution in [1.29, 1.82) is 0 Å². The zero-order valence-electron chi connectivity index (χ0n) is 9.63. The van der Waals surface area contributed by atoms with Crippen LogP contribution < -0.4 is 9.47 Å². The Hall–Kier alpha value is -0.480. The molecule has 0 saturated heterocycles. The van der Waals surface area contributed by atoms with Crippen molar-refractivity contribution >= 4 is 37.9 Å². The van der Waals surface area contributed by atoms with Gasteiger partial charge in [0.25, 0.3) is 0 Å². The first kappa shape index (κ1) is 13.0. The molecule has 1 aliphatic heterocycles. The van der Waals surface area contributed by atoms with Gasteiger partial charge in [0.05, 0.1) is 17.7 Å². The molecule has 0 atom stereocenters. The van der Waals surface area contributed by atoms with Crippen LogP contribution in [0.5, 0.6) is 11.5 Å². The molecule has 0 bridgehead atoms. The van der Waals surface area contributed by atoms with Crippen LogP contribution in [0.4, 0.5) is 0 Å². The van der Waals surface area contributed by atoms with Gasteiger partial charge in [-0.15, -0.1) is 0 Å². The summed E-state index contributed by atoms with van der Waals surface area (Å²) in [6.07, 6.45) is 3.06. The van der Waals surface area contributed by atoms with E-state index in [9.17, 15) is 0 Å². The number of alkyl halides is 1. The summed E-state index contributed by atoms with van der Waals surface area (Å²) in [5.74, 6) is 1.64. The van der Waals surface area contributed by atoms with Crippen molar-refractivity contribution in [1.82, 2.24) is 0 Å². The molecule has 92 valence electrons. The van der Waals surface area contributed by atoms with E-state index in [1.807, 2.05) is 6.07 Å². The smallest absolute Gasteiger partial charge is 0.175 e. The Balaban J connectivity index is 2.38. The molecule has 0 amide bonds. The van der Waals surface area contributed by atoms with Crippen molar-refractivity contribution in [3.8, 4) is 11.5 Å². The molecule has 0 aliphatic carbocycles. The highest BCUT2D eigenvalue weighted by Crippen LogP contribution is 2.38. The van der Waals surface area contributed by atoms with Crippen molar-refractivity contribution in [2.24, 2.45) is 0 Å². The number of hydrogen-bond donors (Lipinski definition) is 0. The molecule has 0 N–H and O–H groups in total. The normalized spacial score (nSPS) is 15.6. The molecular weight excluding hydrogens is 348 g/mol. The lowest BCUT2D eigenvalue weighted by molar-refractivity contribution is 0.296. The second kappa shape index (κ2) is 5.91. The van der Waals surface area contributed by atoms with Crippen LogP contribution in [0.3, 0.4) is 0 Å². The molecule has 0 spiro atoms. The van der Waals surface area contributed by atoms with E-state index in [2.05, 4.69) is 50.9 Å². The molecule has 1 heterocycles. The number of halogens is 2. The average molecular weight is 362 g/mol. The van der Waals surface area contributed by atoms with E-state index in [1.54, 1.807) is 0 Å². The third-order valence-electron chi connectivity index (χ3n) is 2.45. The number of benzene rings is 1. The average Bonchev–Trinajstić information content (AvgIpc) is 2.54. The van der Waals surface area contributed by atoms with Crippen LogP contribution in [0.15, 0.2) is 22.2 Å². The highest BCUT2D eigenvalue weighted by Gasteiger charge is 2.14. The molecule has 1 aromatic carbocycles. The number of rotatable bonds is 2. The van der Waals surface area contributed by atoms with E-state index in [0.29, 0.717) is 13.2 Å². The summed E-state index contributed by atoms with van der Waals surface area (Å²) in [5.41, 5.74) is 2.39. The predicted molar refractivity (Wildman–Crippen MR) is 77.2 cm³/mol. The zero-order chi connectivity index (χ0) is 12.3. The number of hydrogen-bond acceptors (Lipinski definition) is 2. The third-order valence-corrected chi connectivity index (χ3v) is 3.92. The summed E-state index contributed by atoms with van der Waals surface area (Å²) in [4.78, 5) is 0. The lowest BCUT2D eigenvalue weighted by Crippen LogP contribution is -1.97. The highest BCUT2D eigenvalue weighted by molar-refractivity contribution is 9.10. The van der Waals surface area contributed by atoms with Crippen molar-refractivity contribution < 1.29 is 9.47 Å². The van der Waals surface area contributed by atoms with Gasteiger partial charge in [-0.3, -0.25) is 0 Å². The molecule has 2 nitrogen and oxygen atoms in total. The molecular formula is C13H14Br2O2. The SMILES string of the molecule is CC(=Cc1cc(Br)c2c(c1)OCCCO2)CBr. The first-order chi connectivity index (χ1) is 8.20. The van der Waals surface area contributed by atoms with E-state index < -0.39 is 0 Å². The molecule has 2 rings (SSSR count). The molecule has 0 radical (unpaired) electrons. The number of ether oxygens (including phenoxy) is 2. The third kappa shape index (κ3) is 3.26.